The Morgan fingerprint density at radius 3 is 2.55 bits per heavy atom. The van der Waals surface area contributed by atoms with Gasteiger partial charge in [-0.1, -0.05) is 49.6 Å². The number of carbonyl (C=O) groups excluding carboxylic acids is 1. The molecule has 22 heavy (non-hydrogen) atoms. The summed E-state index contributed by atoms with van der Waals surface area (Å²) in [6, 6.07) is 7.21. The molecule has 5 nitrogen and oxygen atoms in total. The summed E-state index contributed by atoms with van der Waals surface area (Å²) in [6.07, 6.45) is 3.81. The van der Waals surface area contributed by atoms with Crippen molar-refractivity contribution in [2.75, 3.05) is 19.3 Å². The Morgan fingerprint density at radius 2 is 1.95 bits per heavy atom. The maximum atomic E-state index is 12.0. The Balaban J connectivity index is 2.54. The highest BCUT2D eigenvalue weighted by atomic mass is 35.5. The molecule has 1 amide bonds. The molecule has 0 atom stereocenters. The Hall–Kier alpha value is -1.11. The van der Waals surface area contributed by atoms with Gasteiger partial charge in [0.15, 0.2) is 0 Å². The lowest BCUT2D eigenvalue weighted by Gasteiger charge is -2.19. The van der Waals surface area contributed by atoms with Crippen LogP contribution in [0.2, 0.25) is 5.02 Å². The maximum absolute atomic E-state index is 12.0. The van der Waals surface area contributed by atoms with Gasteiger partial charge in [0.2, 0.25) is 15.9 Å². The van der Waals surface area contributed by atoms with E-state index in [1.807, 2.05) is 25.1 Å². The monoisotopic (exact) mass is 346 g/mol. The van der Waals surface area contributed by atoms with Crippen LogP contribution in [0.4, 0.5) is 0 Å². The van der Waals surface area contributed by atoms with Crippen LogP contribution < -0.4 is 5.32 Å². The van der Waals surface area contributed by atoms with Gasteiger partial charge in [0, 0.05) is 18.1 Å². The van der Waals surface area contributed by atoms with Crippen molar-refractivity contribution >= 4 is 27.5 Å². The molecule has 0 fully saturated rings. The third-order valence-corrected chi connectivity index (χ3v) is 4.85. The van der Waals surface area contributed by atoms with Crippen LogP contribution in [-0.4, -0.2) is 38.0 Å². The first-order chi connectivity index (χ1) is 10.3. The topological polar surface area (TPSA) is 66.5 Å². The van der Waals surface area contributed by atoms with Gasteiger partial charge in [-0.05, 0) is 18.1 Å². The number of halogens is 1. The molecule has 0 bridgehead atoms. The first-order valence-electron chi connectivity index (χ1n) is 7.29. The van der Waals surface area contributed by atoms with Gasteiger partial charge in [-0.3, -0.25) is 4.79 Å². The van der Waals surface area contributed by atoms with Crippen molar-refractivity contribution in [3.63, 3.8) is 0 Å². The summed E-state index contributed by atoms with van der Waals surface area (Å²) in [5.41, 5.74) is 0.800. The molecule has 0 aliphatic heterocycles. The van der Waals surface area contributed by atoms with Gasteiger partial charge in [-0.15, -0.1) is 0 Å². The van der Waals surface area contributed by atoms with Crippen molar-refractivity contribution in [1.82, 2.24) is 9.62 Å². The zero-order chi connectivity index (χ0) is 16.6. The second kappa shape index (κ2) is 9.12. The molecule has 0 saturated carbocycles. The number of nitrogens with one attached hydrogen (secondary N) is 1. The van der Waals surface area contributed by atoms with Crippen LogP contribution in [0.1, 0.15) is 31.7 Å². The quantitative estimate of drug-likeness (QED) is 0.698. The minimum absolute atomic E-state index is 0.160. The molecule has 0 radical (unpaired) electrons. The molecule has 0 heterocycles. The van der Waals surface area contributed by atoms with E-state index < -0.39 is 10.0 Å². The van der Waals surface area contributed by atoms with E-state index in [4.69, 9.17) is 11.6 Å². The van der Waals surface area contributed by atoms with Crippen LogP contribution in [0.5, 0.6) is 0 Å². The zero-order valence-corrected chi connectivity index (χ0v) is 14.6. The Morgan fingerprint density at radius 1 is 1.27 bits per heavy atom. The zero-order valence-electron chi connectivity index (χ0n) is 13.0. The second-order valence-electron chi connectivity index (χ2n) is 5.17. The molecular formula is C15H23ClN2O3S. The third-order valence-electron chi connectivity index (χ3n) is 3.23. The summed E-state index contributed by atoms with van der Waals surface area (Å²) < 4.78 is 24.6. The van der Waals surface area contributed by atoms with Gasteiger partial charge in [-0.2, -0.15) is 4.31 Å². The Bertz CT molecular complexity index is 590. The van der Waals surface area contributed by atoms with E-state index in [9.17, 15) is 13.2 Å². The second-order valence-corrected chi connectivity index (χ2v) is 7.56. The van der Waals surface area contributed by atoms with E-state index in [2.05, 4.69) is 5.32 Å². The lowest BCUT2D eigenvalue weighted by Crippen LogP contribution is -2.40. The number of hydrogen-bond donors (Lipinski definition) is 1. The van der Waals surface area contributed by atoms with E-state index in [1.165, 1.54) is 4.31 Å². The minimum Gasteiger partial charge on any atom is -0.351 e. The molecule has 1 rings (SSSR count). The number of nitrogens with zero attached hydrogens (tertiary/aromatic N) is 1. The Kier molecular flexibility index (Phi) is 7.85. The number of unbranched alkanes of at least 4 members (excludes halogenated alkanes) is 2. The van der Waals surface area contributed by atoms with Crippen molar-refractivity contribution in [3.8, 4) is 0 Å². The Labute approximate surface area is 137 Å². The van der Waals surface area contributed by atoms with Crippen LogP contribution in [0.25, 0.3) is 0 Å². The van der Waals surface area contributed by atoms with Crippen molar-refractivity contribution < 1.29 is 13.2 Å². The molecular weight excluding hydrogens is 324 g/mol. The van der Waals surface area contributed by atoms with Crippen molar-refractivity contribution in [2.45, 2.75) is 32.7 Å². The number of benzene rings is 1. The predicted molar refractivity (Wildman–Crippen MR) is 89.2 cm³/mol. The third kappa shape index (κ3) is 6.77. The minimum atomic E-state index is -3.39. The molecule has 1 aromatic carbocycles. The largest absolute Gasteiger partial charge is 0.351 e. The lowest BCUT2D eigenvalue weighted by atomic mass is 10.2. The average molecular weight is 347 g/mol. The molecule has 7 heteroatoms. The summed E-state index contributed by atoms with van der Waals surface area (Å²) >= 11 is 6.01. The summed E-state index contributed by atoms with van der Waals surface area (Å²) in [7, 11) is -3.39. The molecule has 0 aromatic heterocycles. The maximum Gasteiger partial charge on any atom is 0.235 e. The van der Waals surface area contributed by atoms with Crippen molar-refractivity contribution in [2.24, 2.45) is 0 Å². The van der Waals surface area contributed by atoms with E-state index >= 15 is 0 Å². The number of sulfonamides is 1. The molecule has 0 unspecified atom stereocenters. The highest BCUT2D eigenvalue weighted by molar-refractivity contribution is 7.88. The average Bonchev–Trinajstić information content (AvgIpc) is 2.44. The fourth-order valence-electron chi connectivity index (χ4n) is 1.95. The van der Waals surface area contributed by atoms with Crippen LogP contribution >= 0.6 is 11.6 Å². The smallest absolute Gasteiger partial charge is 0.235 e. The highest BCUT2D eigenvalue weighted by Crippen LogP contribution is 2.14. The van der Waals surface area contributed by atoms with Gasteiger partial charge in [0.25, 0.3) is 0 Å². The van der Waals surface area contributed by atoms with Crippen LogP contribution in [0.3, 0.4) is 0 Å². The van der Waals surface area contributed by atoms with Gasteiger partial charge in [0.05, 0.1) is 12.8 Å². The number of carbonyl (C=O) groups is 1. The SMILES string of the molecule is CCCCCN(CC(=O)NCc1ccccc1Cl)S(C)(=O)=O. The van der Waals surface area contributed by atoms with E-state index in [1.54, 1.807) is 6.07 Å². The first kappa shape index (κ1) is 18.9. The van der Waals surface area contributed by atoms with E-state index in [0.717, 1.165) is 31.1 Å². The number of rotatable bonds is 9. The lowest BCUT2D eigenvalue weighted by molar-refractivity contribution is -0.121. The molecule has 0 aliphatic carbocycles. The van der Waals surface area contributed by atoms with Gasteiger partial charge < -0.3 is 5.32 Å². The van der Waals surface area contributed by atoms with Gasteiger partial charge in [0.1, 0.15) is 0 Å². The summed E-state index contributed by atoms with van der Waals surface area (Å²) in [5.74, 6) is -0.332. The molecule has 1 N–H and O–H groups in total. The normalized spacial score (nSPS) is 11.6. The summed E-state index contributed by atoms with van der Waals surface area (Å²) in [4.78, 5) is 12.0. The summed E-state index contributed by atoms with van der Waals surface area (Å²) in [5, 5.41) is 3.28. The number of hydrogen-bond acceptors (Lipinski definition) is 3. The van der Waals surface area contributed by atoms with Crippen molar-refractivity contribution in [3.05, 3.63) is 34.9 Å². The van der Waals surface area contributed by atoms with Crippen LogP contribution in [0, 0.1) is 0 Å². The summed E-state index contributed by atoms with van der Waals surface area (Å²) in [6.45, 7) is 2.53. The highest BCUT2D eigenvalue weighted by Gasteiger charge is 2.19. The molecule has 1 aromatic rings. The molecule has 0 spiro atoms. The fourth-order valence-corrected chi connectivity index (χ4v) is 2.97. The molecule has 124 valence electrons. The van der Waals surface area contributed by atoms with Crippen LogP contribution in [-0.2, 0) is 21.4 Å². The molecule has 0 saturated heterocycles. The van der Waals surface area contributed by atoms with Gasteiger partial charge in [-0.25, -0.2) is 8.42 Å². The van der Waals surface area contributed by atoms with E-state index in [0.29, 0.717) is 11.6 Å². The van der Waals surface area contributed by atoms with Crippen molar-refractivity contribution in [1.29, 1.82) is 0 Å². The fraction of sp³-hybridized carbons (Fsp3) is 0.533. The molecule has 0 aliphatic rings. The first-order valence-corrected chi connectivity index (χ1v) is 9.52. The van der Waals surface area contributed by atoms with E-state index in [-0.39, 0.29) is 19.0 Å². The van der Waals surface area contributed by atoms with Gasteiger partial charge >= 0.3 is 0 Å². The number of amides is 1. The standard InChI is InChI=1S/C15H23ClN2O3S/c1-3-4-7-10-18(22(2,20)21)12-15(19)17-11-13-8-5-6-9-14(13)16/h5-6,8-9H,3-4,7,10-12H2,1-2H3,(H,17,19). The van der Waals surface area contributed by atoms with Crippen LogP contribution in [0.15, 0.2) is 24.3 Å². The predicted octanol–water partition coefficient (Wildman–Crippen LogP) is 2.41.